The van der Waals surface area contributed by atoms with Gasteiger partial charge in [0.2, 0.25) is 0 Å². The van der Waals surface area contributed by atoms with Crippen LogP contribution in [0.1, 0.15) is 16.5 Å². The van der Waals surface area contributed by atoms with Crippen molar-refractivity contribution in [2.75, 3.05) is 7.11 Å². The van der Waals surface area contributed by atoms with E-state index >= 15 is 0 Å². The van der Waals surface area contributed by atoms with Crippen LogP contribution in [-0.2, 0) is 6.42 Å². The molecule has 0 bridgehead atoms. The summed E-state index contributed by atoms with van der Waals surface area (Å²) in [7, 11) is 1.61. The third-order valence-corrected chi connectivity index (χ3v) is 4.38. The van der Waals surface area contributed by atoms with Crippen LogP contribution in [-0.4, -0.2) is 17.3 Å². The summed E-state index contributed by atoms with van der Waals surface area (Å²) in [5, 5.41) is 15.3. The van der Waals surface area contributed by atoms with E-state index in [1.807, 2.05) is 24.3 Å². The van der Waals surface area contributed by atoms with Crippen molar-refractivity contribution in [3.63, 3.8) is 0 Å². The average Bonchev–Trinajstić information content (AvgIpc) is 2.97. The fourth-order valence-corrected chi connectivity index (χ4v) is 3.22. The lowest BCUT2D eigenvalue weighted by molar-refractivity contribution is 0.410. The number of rotatable bonds is 4. The summed E-state index contributed by atoms with van der Waals surface area (Å²) < 4.78 is 5.21. The molecule has 1 atom stereocenters. The number of thioether (sulfide) groups is 1. The van der Waals surface area contributed by atoms with Crippen LogP contribution in [0.2, 0.25) is 0 Å². The minimum Gasteiger partial charge on any atom is -0.508 e. The van der Waals surface area contributed by atoms with Gasteiger partial charge in [-0.25, -0.2) is 0 Å². The number of phenols is 1. The number of aromatic hydroxyl groups is 1. The van der Waals surface area contributed by atoms with Gasteiger partial charge < -0.3 is 9.84 Å². The van der Waals surface area contributed by atoms with Gasteiger partial charge in [0.05, 0.1) is 12.2 Å². The molecule has 0 saturated heterocycles. The molecule has 0 spiro atoms. The summed E-state index contributed by atoms with van der Waals surface area (Å²) in [6.07, 6.45) is 0.791. The maximum absolute atomic E-state index is 10.0. The number of nitrogens with zero attached hydrogens (tertiary/aromatic N) is 1. The smallest absolute Gasteiger partial charge is 0.124 e. The number of phenolic OH excluding ortho intramolecular Hbond substituents is 1. The van der Waals surface area contributed by atoms with Crippen LogP contribution in [0.3, 0.4) is 0 Å². The van der Waals surface area contributed by atoms with Gasteiger partial charge in [-0.2, -0.15) is 5.10 Å². The molecule has 1 heterocycles. The Labute approximate surface area is 127 Å². The van der Waals surface area contributed by atoms with Gasteiger partial charge in [-0.3, -0.25) is 5.43 Å². The Hall–Kier alpha value is -2.14. The number of nitrogens with one attached hydrogen (secondary N) is 1. The second-order valence-electron chi connectivity index (χ2n) is 4.72. The lowest BCUT2D eigenvalue weighted by Gasteiger charge is -2.12. The van der Waals surface area contributed by atoms with Gasteiger partial charge in [0.15, 0.2) is 0 Å². The van der Waals surface area contributed by atoms with Crippen molar-refractivity contribution in [1.29, 1.82) is 0 Å². The molecule has 108 valence electrons. The van der Waals surface area contributed by atoms with E-state index in [0.717, 1.165) is 22.8 Å². The molecule has 2 aromatic rings. The van der Waals surface area contributed by atoms with Crippen LogP contribution >= 0.6 is 11.8 Å². The topological polar surface area (TPSA) is 53.9 Å². The summed E-state index contributed by atoms with van der Waals surface area (Å²) in [5.74, 6) is 0.971. The van der Waals surface area contributed by atoms with E-state index in [0.29, 0.717) is 0 Å². The van der Waals surface area contributed by atoms with Gasteiger partial charge >= 0.3 is 0 Å². The highest BCUT2D eigenvalue weighted by Gasteiger charge is 2.24. The number of ether oxygens (including phenoxy) is 1. The molecule has 2 aromatic carbocycles. The average molecular weight is 300 g/mol. The first-order valence-electron chi connectivity index (χ1n) is 6.66. The maximum atomic E-state index is 10.0. The molecule has 5 heteroatoms. The molecular weight excluding hydrogens is 284 g/mol. The molecule has 3 rings (SSSR count). The lowest BCUT2D eigenvalue weighted by Crippen LogP contribution is -2.07. The Morgan fingerprint density at radius 2 is 2.05 bits per heavy atom. The zero-order valence-corrected chi connectivity index (χ0v) is 12.4. The van der Waals surface area contributed by atoms with E-state index in [1.165, 1.54) is 5.56 Å². The molecule has 2 N–H and O–H groups in total. The van der Waals surface area contributed by atoms with Gasteiger partial charge in [-0.05, 0) is 23.8 Å². The van der Waals surface area contributed by atoms with Crippen molar-refractivity contribution < 1.29 is 9.84 Å². The molecular formula is C16H16N2O2S. The standard InChI is InChI=1S/C16H16N2O2S/c1-20-12-7-8-14(19)13(10-12)16-18-17-15(21-16)9-11-5-3-2-4-6-11/h2-8,10,16,18-19H,9H2,1H3/t16-/m1/s1. The molecule has 1 aliphatic rings. The first-order chi connectivity index (χ1) is 10.3. The van der Waals surface area contributed by atoms with Crippen molar-refractivity contribution in [3.8, 4) is 11.5 Å². The van der Waals surface area contributed by atoms with Crippen molar-refractivity contribution in [2.45, 2.75) is 11.8 Å². The van der Waals surface area contributed by atoms with Crippen LogP contribution in [0.5, 0.6) is 11.5 Å². The fourth-order valence-electron chi connectivity index (χ4n) is 2.17. The normalized spacial score (nSPS) is 17.2. The molecule has 4 nitrogen and oxygen atoms in total. The zero-order valence-electron chi connectivity index (χ0n) is 11.6. The Kier molecular flexibility index (Phi) is 4.01. The van der Waals surface area contributed by atoms with Crippen molar-refractivity contribution in [1.82, 2.24) is 5.43 Å². The minimum atomic E-state index is -0.0844. The summed E-state index contributed by atoms with van der Waals surface area (Å²) in [4.78, 5) is 0. The van der Waals surface area contributed by atoms with E-state index in [9.17, 15) is 5.11 Å². The quantitative estimate of drug-likeness (QED) is 0.909. The van der Waals surface area contributed by atoms with E-state index in [2.05, 4.69) is 22.7 Å². The fraction of sp³-hybridized carbons (Fsp3) is 0.188. The number of hydrogen-bond donors (Lipinski definition) is 2. The predicted octanol–water partition coefficient (Wildman–Crippen LogP) is 3.29. The molecule has 1 aliphatic heterocycles. The summed E-state index contributed by atoms with van der Waals surface area (Å²) in [6.45, 7) is 0. The van der Waals surface area contributed by atoms with Crippen molar-refractivity contribution >= 4 is 16.8 Å². The van der Waals surface area contributed by atoms with Crippen molar-refractivity contribution in [3.05, 3.63) is 59.7 Å². The summed E-state index contributed by atoms with van der Waals surface area (Å²) in [5.41, 5.74) is 5.08. The maximum Gasteiger partial charge on any atom is 0.124 e. The van der Waals surface area contributed by atoms with Crippen LogP contribution in [0.25, 0.3) is 0 Å². The van der Waals surface area contributed by atoms with Crippen LogP contribution in [0, 0.1) is 0 Å². The Bertz CT molecular complexity index is 659. The number of methoxy groups -OCH3 is 1. The molecule has 21 heavy (non-hydrogen) atoms. The first kappa shape index (κ1) is 13.8. The van der Waals surface area contributed by atoms with E-state index in [-0.39, 0.29) is 11.1 Å². The Morgan fingerprint density at radius 1 is 1.24 bits per heavy atom. The Morgan fingerprint density at radius 3 is 2.81 bits per heavy atom. The first-order valence-corrected chi connectivity index (χ1v) is 7.54. The summed E-state index contributed by atoms with van der Waals surface area (Å²) in [6, 6.07) is 15.4. The van der Waals surface area contributed by atoms with E-state index in [1.54, 1.807) is 31.0 Å². The van der Waals surface area contributed by atoms with Gasteiger partial charge in [0, 0.05) is 12.0 Å². The lowest BCUT2D eigenvalue weighted by atomic mass is 10.2. The third-order valence-electron chi connectivity index (χ3n) is 3.28. The van der Waals surface area contributed by atoms with Crippen LogP contribution in [0.4, 0.5) is 0 Å². The highest BCUT2D eigenvalue weighted by atomic mass is 32.2. The zero-order chi connectivity index (χ0) is 14.7. The highest BCUT2D eigenvalue weighted by Crippen LogP contribution is 2.38. The third kappa shape index (κ3) is 3.13. The molecule has 0 aromatic heterocycles. The minimum absolute atomic E-state index is 0.0844. The summed E-state index contributed by atoms with van der Waals surface area (Å²) >= 11 is 1.62. The van der Waals surface area contributed by atoms with Gasteiger partial charge in [-0.15, -0.1) is 0 Å². The molecule has 0 amide bonds. The van der Waals surface area contributed by atoms with E-state index < -0.39 is 0 Å². The number of benzene rings is 2. The highest BCUT2D eigenvalue weighted by molar-refractivity contribution is 8.14. The van der Waals surface area contributed by atoms with Crippen LogP contribution < -0.4 is 10.2 Å². The SMILES string of the molecule is COc1ccc(O)c([C@@H]2NN=C(Cc3ccccc3)S2)c1. The molecule has 0 aliphatic carbocycles. The van der Waals surface area contributed by atoms with Crippen molar-refractivity contribution in [2.24, 2.45) is 5.10 Å². The number of hydrogen-bond acceptors (Lipinski definition) is 5. The van der Waals surface area contributed by atoms with Gasteiger partial charge in [-0.1, -0.05) is 42.1 Å². The second kappa shape index (κ2) is 6.10. The molecule has 0 unspecified atom stereocenters. The van der Waals surface area contributed by atoms with Crippen LogP contribution in [0.15, 0.2) is 53.6 Å². The number of hydrazone groups is 1. The molecule has 0 fully saturated rings. The largest absolute Gasteiger partial charge is 0.508 e. The molecule has 0 radical (unpaired) electrons. The van der Waals surface area contributed by atoms with Gasteiger partial charge in [0.25, 0.3) is 0 Å². The van der Waals surface area contributed by atoms with E-state index in [4.69, 9.17) is 4.74 Å². The molecule has 0 saturated carbocycles. The monoisotopic (exact) mass is 300 g/mol. The predicted molar refractivity (Wildman–Crippen MR) is 85.7 cm³/mol. The Balaban J connectivity index is 1.71. The van der Waals surface area contributed by atoms with Gasteiger partial charge in [0.1, 0.15) is 16.9 Å². The second-order valence-corrected chi connectivity index (χ2v) is 5.90.